The van der Waals surface area contributed by atoms with Gasteiger partial charge in [0, 0.05) is 39.2 Å². The Hall–Kier alpha value is -2.43. The molecule has 1 N–H and O–H groups in total. The number of anilines is 1. The molecular weight excluding hydrogens is 252 g/mol. The Morgan fingerprint density at radius 3 is 2.70 bits per heavy atom. The first kappa shape index (κ1) is 14.0. The summed E-state index contributed by atoms with van der Waals surface area (Å²) < 4.78 is 0. The summed E-state index contributed by atoms with van der Waals surface area (Å²) in [5.41, 5.74) is 1.77. The van der Waals surface area contributed by atoms with E-state index in [9.17, 15) is 4.79 Å². The lowest BCUT2D eigenvalue weighted by molar-refractivity contribution is 0.0827. The van der Waals surface area contributed by atoms with Crippen LogP contribution in [0.4, 0.5) is 5.82 Å². The number of nitrogens with zero attached hydrogens (tertiary/aromatic N) is 3. The lowest BCUT2D eigenvalue weighted by Gasteiger charge is -2.10. The van der Waals surface area contributed by atoms with Gasteiger partial charge in [-0.15, -0.1) is 0 Å². The first-order valence-electron chi connectivity index (χ1n) is 6.47. The Morgan fingerprint density at radius 2 is 2.10 bits per heavy atom. The number of carbonyl (C=O) groups excluding carboxylic acids is 1. The smallest absolute Gasteiger partial charge is 0.254 e. The van der Waals surface area contributed by atoms with Gasteiger partial charge in [0.05, 0.1) is 5.56 Å². The van der Waals surface area contributed by atoms with Crippen molar-refractivity contribution in [2.75, 3.05) is 26.0 Å². The summed E-state index contributed by atoms with van der Waals surface area (Å²) in [6.45, 7) is 0.777. The number of hydrogen-bond acceptors (Lipinski definition) is 4. The molecule has 0 saturated heterocycles. The van der Waals surface area contributed by atoms with E-state index >= 15 is 0 Å². The van der Waals surface area contributed by atoms with Crippen LogP contribution in [0.2, 0.25) is 0 Å². The Kier molecular flexibility index (Phi) is 4.65. The minimum Gasteiger partial charge on any atom is -0.370 e. The largest absolute Gasteiger partial charge is 0.370 e. The quantitative estimate of drug-likeness (QED) is 0.900. The van der Waals surface area contributed by atoms with Crippen LogP contribution in [0.1, 0.15) is 15.9 Å². The van der Waals surface area contributed by atoms with Gasteiger partial charge >= 0.3 is 0 Å². The summed E-state index contributed by atoms with van der Waals surface area (Å²) in [7, 11) is 3.45. The lowest BCUT2D eigenvalue weighted by Crippen LogP contribution is -2.21. The summed E-state index contributed by atoms with van der Waals surface area (Å²) in [5, 5.41) is 3.22. The van der Waals surface area contributed by atoms with E-state index in [1.807, 2.05) is 24.4 Å². The molecule has 5 nitrogen and oxygen atoms in total. The van der Waals surface area contributed by atoms with Gasteiger partial charge in [0.25, 0.3) is 5.91 Å². The highest BCUT2D eigenvalue weighted by Crippen LogP contribution is 2.07. The number of nitrogens with one attached hydrogen (secondary N) is 1. The molecule has 2 heterocycles. The van der Waals surface area contributed by atoms with Crippen molar-refractivity contribution in [2.24, 2.45) is 0 Å². The third-order valence-electron chi connectivity index (χ3n) is 2.86. The summed E-state index contributed by atoms with van der Waals surface area (Å²) in [6.07, 6.45) is 6.09. The Balaban J connectivity index is 1.87. The van der Waals surface area contributed by atoms with Crippen molar-refractivity contribution >= 4 is 11.7 Å². The van der Waals surface area contributed by atoms with Crippen LogP contribution >= 0.6 is 0 Å². The molecule has 0 atom stereocenters. The Labute approximate surface area is 118 Å². The van der Waals surface area contributed by atoms with E-state index in [4.69, 9.17) is 0 Å². The van der Waals surface area contributed by atoms with Gasteiger partial charge in [-0.1, -0.05) is 6.07 Å². The maximum absolute atomic E-state index is 11.7. The molecule has 0 aliphatic heterocycles. The zero-order valence-electron chi connectivity index (χ0n) is 11.7. The number of aromatic nitrogens is 2. The molecule has 0 aromatic carbocycles. The zero-order chi connectivity index (χ0) is 14.4. The van der Waals surface area contributed by atoms with E-state index in [-0.39, 0.29) is 5.91 Å². The number of pyridine rings is 2. The highest BCUT2D eigenvalue weighted by Gasteiger charge is 2.07. The van der Waals surface area contributed by atoms with Gasteiger partial charge < -0.3 is 10.2 Å². The normalized spacial score (nSPS) is 10.1. The van der Waals surface area contributed by atoms with Gasteiger partial charge in [0.1, 0.15) is 5.82 Å². The van der Waals surface area contributed by atoms with E-state index in [0.717, 1.165) is 18.8 Å². The third kappa shape index (κ3) is 3.78. The van der Waals surface area contributed by atoms with E-state index in [0.29, 0.717) is 5.56 Å². The van der Waals surface area contributed by atoms with Gasteiger partial charge in [-0.05, 0) is 30.2 Å². The average Bonchev–Trinajstić information content (AvgIpc) is 2.48. The SMILES string of the molecule is CN(C)C(=O)c1ccc(NCCc2cccnc2)nc1. The molecule has 0 aliphatic carbocycles. The fraction of sp³-hybridized carbons (Fsp3) is 0.267. The standard InChI is InChI=1S/C15H18N4O/c1-19(2)15(20)13-5-6-14(18-11-13)17-9-7-12-4-3-8-16-10-12/h3-6,8,10-11H,7,9H2,1-2H3,(H,17,18). The third-order valence-corrected chi connectivity index (χ3v) is 2.86. The van der Waals surface area contributed by atoms with Crippen LogP contribution < -0.4 is 5.32 Å². The molecule has 0 radical (unpaired) electrons. The van der Waals surface area contributed by atoms with Crippen LogP contribution in [0.15, 0.2) is 42.9 Å². The summed E-state index contributed by atoms with van der Waals surface area (Å²) in [6, 6.07) is 7.57. The minimum absolute atomic E-state index is 0.0422. The molecule has 0 bridgehead atoms. The predicted molar refractivity (Wildman–Crippen MR) is 78.7 cm³/mol. The topological polar surface area (TPSA) is 58.1 Å². The first-order chi connectivity index (χ1) is 9.66. The molecule has 104 valence electrons. The molecule has 0 spiro atoms. The summed E-state index contributed by atoms with van der Waals surface area (Å²) >= 11 is 0. The molecule has 5 heteroatoms. The van der Waals surface area contributed by atoms with Gasteiger partial charge in [-0.2, -0.15) is 0 Å². The van der Waals surface area contributed by atoms with Crippen molar-refractivity contribution < 1.29 is 4.79 Å². The molecule has 0 unspecified atom stereocenters. The Bertz CT molecular complexity index is 552. The Morgan fingerprint density at radius 1 is 1.25 bits per heavy atom. The van der Waals surface area contributed by atoms with Crippen LogP contribution in [0.3, 0.4) is 0 Å². The molecule has 2 aromatic rings. The second-order valence-electron chi connectivity index (χ2n) is 4.67. The molecule has 1 amide bonds. The van der Waals surface area contributed by atoms with Gasteiger partial charge in [-0.25, -0.2) is 4.98 Å². The maximum atomic E-state index is 11.7. The van der Waals surface area contributed by atoms with Gasteiger partial charge in [0.15, 0.2) is 0 Å². The highest BCUT2D eigenvalue weighted by molar-refractivity contribution is 5.93. The predicted octanol–water partition coefficient (Wildman–Crippen LogP) is 1.83. The maximum Gasteiger partial charge on any atom is 0.254 e. The number of carbonyl (C=O) groups is 1. The van der Waals surface area contributed by atoms with E-state index in [2.05, 4.69) is 15.3 Å². The lowest BCUT2D eigenvalue weighted by atomic mass is 10.2. The van der Waals surface area contributed by atoms with Crippen molar-refractivity contribution in [2.45, 2.75) is 6.42 Å². The fourth-order valence-corrected chi connectivity index (χ4v) is 1.76. The molecule has 0 aliphatic rings. The fourth-order valence-electron chi connectivity index (χ4n) is 1.76. The molecule has 20 heavy (non-hydrogen) atoms. The van der Waals surface area contributed by atoms with Crippen molar-refractivity contribution in [3.63, 3.8) is 0 Å². The van der Waals surface area contributed by atoms with Gasteiger partial charge in [-0.3, -0.25) is 9.78 Å². The first-order valence-corrected chi connectivity index (χ1v) is 6.47. The van der Waals surface area contributed by atoms with Crippen LogP contribution in [0.5, 0.6) is 0 Å². The van der Waals surface area contributed by atoms with Crippen LogP contribution in [0.25, 0.3) is 0 Å². The molecule has 2 aromatic heterocycles. The monoisotopic (exact) mass is 270 g/mol. The van der Waals surface area contributed by atoms with E-state index < -0.39 is 0 Å². The van der Waals surface area contributed by atoms with Crippen molar-refractivity contribution in [3.05, 3.63) is 54.0 Å². The van der Waals surface area contributed by atoms with Gasteiger partial charge in [0.2, 0.25) is 0 Å². The molecule has 2 rings (SSSR count). The van der Waals surface area contributed by atoms with E-state index in [1.54, 1.807) is 32.6 Å². The second kappa shape index (κ2) is 6.65. The molecule has 0 fully saturated rings. The number of rotatable bonds is 5. The van der Waals surface area contributed by atoms with E-state index in [1.165, 1.54) is 10.5 Å². The minimum atomic E-state index is -0.0422. The summed E-state index contributed by atoms with van der Waals surface area (Å²) in [4.78, 5) is 21.6. The van der Waals surface area contributed by atoms with Crippen molar-refractivity contribution in [3.8, 4) is 0 Å². The second-order valence-corrected chi connectivity index (χ2v) is 4.67. The molecular formula is C15H18N4O. The summed E-state index contributed by atoms with van der Waals surface area (Å²) in [5.74, 6) is 0.726. The van der Waals surface area contributed by atoms with Crippen LogP contribution in [-0.2, 0) is 6.42 Å². The number of amides is 1. The zero-order valence-corrected chi connectivity index (χ0v) is 11.7. The van der Waals surface area contributed by atoms with Crippen LogP contribution in [0, 0.1) is 0 Å². The van der Waals surface area contributed by atoms with Crippen molar-refractivity contribution in [1.82, 2.24) is 14.9 Å². The van der Waals surface area contributed by atoms with Crippen molar-refractivity contribution in [1.29, 1.82) is 0 Å². The van der Waals surface area contributed by atoms with Crippen LogP contribution in [-0.4, -0.2) is 41.4 Å². The molecule has 0 saturated carbocycles. The number of hydrogen-bond donors (Lipinski definition) is 1. The highest BCUT2D eigenvalue weighted by atomic mass is 16.2. The average molecular weight is 270 g/mol.